The topological polar surface area (TPSA) is 13.1 Å². The molecule has 1 heterocycles. The molecule has 0 radical (unpaired) electrons. The maximum absolute atomic E-state index is 9.39. The molecule has 1 nitrogen and oxygen atoms in total. The van der Waals surface area contributed by atoms with Crippen molar-refractivity contribution in [3.63, 3.8) is 0 Å². The number of para-hydroxylation sites is 1. The van der Waals surface area contributed by atoms with Crippen molar-refractivity contribution in [2.45, 2.75) is 0 Å². The summed E-state index contributed by atoms with van der Waals surface area (Å²) in [6.45, 7) is 0. The van der Waals surface area contributed by atoms with Crippen LogP contribution in [-0.4, -0.2) is 0 Å². The Kier molecular flexibility index (Phi) is 4.57. The SMILES string of the molecule is [2H]c1c([2H])c([2H])c2c(-c3ccc4c(-c5cccc6c5oc5ccc7ccccc7c56)cccc4c3)c3c([2H])c([2H])c([2H])c([2H])c3c(-c3ccc4ccccc4c3)c2c1[2H]. The van der Waals surface area contributed by atoms with Gasteiger partial charge in [-0.25, -0.2) is 0 Å². The minimum Gasteiger partial charge on any atom is -0.455 e. The summed E-state index contributed by atoms with van der Waals surface area (Å²) >= 11 is 0. The van der Waals surface area contributed by atoms with E-state index in [2.05, 4.69) is 36.4 Å². The van der Waals surface area contributed by atoms with Crippen LogP contribution in [0.4, 0.5) is 0 Å². The minimum absolute atomic E-state index is 0.187. The molecule has 0 aliphatic heterocycles. The molecule has 0 saturated carbocycles. The zero-order valence-electron chi connectivity index (χ0n) is 35.1. The third-order valence-electron chi connectivity index (χ3n) is 10.3. The van der Waals surface area contributed by atoms with Gasteiger partial charge >= 0.3 is 0 Å². The second-order valence-electron chi connectivity index (χ2n) is 13.0. The van der Waals surface area contributed by atoms with Gasteiger partial charge in [0.2, 0.25) is 0 Å². The summed E-state index contributed by atoms with van der Waals surface area (Å²) in [5.41, 5.74) is 5.20. The zero-order chi connectivity index (χ0) is 40.4. The number of fused-ring (bicyclic) bond motifs is 9. The van der Waals surface area contributed by atoms with Crippen molar-refractivity contribution in [2.75, 3.05) is 0 Å². The zero-order valence-corrected chi connectivity index (χ0v) is 27.1. The van der Waals surface area contributed by atoms with E-state index in [1.54, 1.807) is 0 Å². The molecule has 0 atom stereocenters. The van der Waals surface area contributed by atoms with Crippen molar-refractivity contribution in [3.8, 4) is 33.4 Å². The van der Waals surface area contributed by atoms with Crippen molar-refractivity contribution in [1.29, 1.82) is 0 Å². The molecule has 11 aromatic rings. The molecule has 0 saturated heterocycles. The molecule has 0 unspecified atom stereocenters. The van der Waals surface area contributed by atoms with Gasteiger partial charge in [-0.15, -0.1) is 0 Å². The average molecular weight is 655 g/mol. The fraction of sp³-hybridized carbons (Fsp3) is 0. The molecule has 0 amide bonds. The Morgan fingerprint density at radius 2 is 0.922 bits per heavy atom. The van der Waals surface area contributed by atoms with Crippen molar-refractivity contribution in [3.05, 3.63) is 182 Å². The van der Waals surface area contributed by atoms with Gasteiger partial charge in [0.25, 0.3) is 0 Å². The lowest BCUT2D eigenvalue weighted by Gasteiger charge is -2.18. The predicted molar refractivity (Wildman–Crippen MR) is 218 cm³/mol. The van der Waals surface area contributed by atoms with E-state index < -0.39 is 24.2 Å². The Bertz CT molecular complexity index is 3580. The van der Waals surface area contributed by atoms with Gasteiger partial charge in [-0.2, -0.15) is 0 Å². The van der Waals surface area contributed by atoms with Gasteiger partial charge in [-0.3, -0.25) is 0 Å². The highest BCUT2D eigenvalue weighted by Gasteiger charge is 2.19. The van der Waals surface area contributed by atoms with Crippen LogP contribution in [0.1, 0.15) is 11.0 Å². The maximum atomic E-state index is 9.39. The highest BCUT2D eigenvalue weighted by Crippen LogP contribution is 2.46. The van der Waals surface area contributed by atoms with Crippen LogP contribution in [-0.2, 0) is 0 Å². The van der Waals surface area contributed by atoms with Gasteiger partial charge < -0.3 is 4.42 Å². The van der Waals surface area contributed by atoms with Crippen molar-refractivity contribution in [2.24, 2.45) is 0 Å². The lowest BCUT2D eigenvalue weighted by atomic mass is 9.85. The standard InChI is InChI=1S/C50H30O/c1-2-13-33-29-35(24-23-31(33)11-1)47-40-16-5-7-18-42(40)48(43-19-8-6-17-41(43)47)36-25-27-37-34(30-36)14-9-20-39(37)44-21-10-22-45-49-38-15-4-3-12-32(38)26-28-46(49)51-50(44)45/h1-30H/i5D,6D,7D,8D,16D,17D,18D,19D. The fourth-order valence-electron chi connectivity index (χ4n) is 8.00. The van der Waals surface area contributed by atoms with Crippen molar-refractivity contribution >= 4 is 75.8 Å². The fourth-order valence-corrected chi connectivity index (χ4v) is 8.00. The Hall–Kier alpha value is -6.70. The Balaban J connectivity index is 1.23. The second kappa shape index (κ2) is 10.9. The average Bonchev–Trinajstić information content (AvgIpc) is 3.67. The molecule has 0 bridgehead atoms. The summed E-state index contributed by atoms with van der Waals surface area (Å²) in [7, 11) is 0. The van der Waals surface area contributed by atoms with Gasteiger partial charge in [0.05, 0.1) is 11.0 Å². The predicted octanol–water partition coefficient (Wildman–Crippen LogP) is 14.4. The molecule has 0 aliphatic carbocycles. The first-order chi connectivity index (χ1) is 28.6. The normalized spacial score (nSPS) is 14.1. The van der Waals surface area contributed by atoms with Crippen LogP contribution in [0.5, 0.6) is 0 Å². The first kappa shape index (κ1) is 21.4. The molecule has 0 aliphatic rings. The highest BCUT2D eigenvalue weighted by atomic mass is 16.3. The molecule has 1 aromatic heterocycles. The quantitative estimate of drug-likeness (QED) is 0.173. The van der Waals surface area contributed by atoms with Gasteiger partial charge in [-0.05, 0) is 99.9 Å². The summed E-state index contributed by atoms with van der Waals surface area (Å²) in [5.74, 6) is 0. The molecule has 0 spiro atoms. The third kappa shape index (κ3) is 4.22. The van der Waals surface area contributed by atoms with Gasteiger partial charge in [-0.1, -0.05) is 164 Å². The summed E-state index contributed by atoms with van der Waals surface area (Å²) < 4.78 is 79.4. The van der Waals surface area contributed by atoms with E-state index in [1.165, 1.54) is 0 Å². The van der Waals surface area contributed by atoms with Crippen LogP contribution < -0.4 is 0 Å². The molecule has 236 valence electrons. The van der Waals surface area contributed by atoms with Crippen LogP contribution >= 0.6 is 0 Å². The van der Waals surface area contributed by atoms with Crippen LogP contribution in [0.25, 0.3) is 109 Å². The van der Waals surface area contributed by atoms with Gasteiger partial charge in [0.1, 0.15) is 11.2 Å². The number of hydrogen-bond donors (Lipinski definition) is 0. The maximum Gasteiger partial charge on any atom is 0.143 e. The summed E-state index contributed by atoms with van der Waals surface area (Å²) in [4.78, 5) is 0. The Labute approximate surface area is 305 Å². The van der Waals surface area contributed by atoms with E-state index in [9.17, 15) is 5.48 Å². The molecular weight excluding hydrogens is 617 g/mol. The molecular formula is C50H30O. The molecule has 11 rings (SSSR count). The number of rotatable bonds is 3. The summed E-state index contributed by atoms with van der Waals surface area (Å²) in [6.07, 6.45) is 0. The van der Waals surface area contributed by atoms with E-state index in [-0.39, 0.29) is 45.7 Å². The Morgan fingerprint density at radius 3 is 1.67 bits per heavy atom. The minimum atomic E-state index is -0.428. The summed E-state index contributed by atoms with van der Waals surface area (Å²) in [6, 6.07) is 40.9. The van der Waals surface area contributed by atoms with E-state index in [1.807, 2.05) is 97.1 Å². The molecule has 10 aromatic carbocycles. The lowest BCUT2D eigenvalue weighted by molar-refractivity contribution is 0.670. The van der Waals surface area contributed by atoms with Crippen LogP contribution in [0, 0.1) is 0 Å². The second-order valence-corrected chi connectivity index (χ2v) is 13.0. The smallest absolute Gasteiger partial charge is 0.143 e. The molecule has 0 fully saturated rings. The monoisotopic (exact) mass is 654 g/mol. The number of furan rings is 1. The van der Waals surface area contributed by atoms with Crippen LogP contribution in [0.2, 0.25) is 0 Å². The van der Waals surface area contributed by atoms with E-state index in [4.69, 9.17) is 9.90 Å². The van der Waals surface area contributed by atoms with E-state index in [0.29, 0.717) is 22.3 Å². The molecule has 0 N–H and O–H groups in total. The first-order valence-corrected chi connectivity index (χ1v) is 16.9. The van der Waals surface area contributed by atoms with Gasteiger partial charge in [0, 0.05) is 16.3 Å². The van der Waals surface area contributed by atoms with Crippen molar-refractivity contribution in [1.82, 2.24) is 0 Å². The third-order valence-corrected chi connectivity index (χ3v) is 10.3. The van der Waals surface area contributed by atoms with E-state index in [0.717, 1.165) is 65.4 Å². The summed E-state index contributed by atoms with van der Waals surface area (Å²) in [5, 5.41) is 8.67. The number of benzene rings is 10. The van der Waals surface area contributed by atoms with Crippen molar-refractivity contribution < 1.29 is 15.4 Å². The van der Waals surface area contributed by atoms with Gasteiger partial charge in [0.15, 0.2) is 0 Å². The molecule has 51 heavy (non-hydrogen) atoms. The molecule has 1 heteroatoms. The highest BCUT2D eigenvalue weighted by molar-refractivity contribution is 6.23. The first-order valence-electron chi connectivity index (χ1n) is 20.9. The number of hydrogen-bond acceptors (Lipinski definition) is 1. The largest absolute Gasteiger partial charge is 0.455 e. The Morgan fingerprint density at radius 1 is 0.373 bits per heavy atom. The van der Waals surface area contributed by atoms with Crippen LogP contribution in [0.3, 0.4) is 0 Å². The lowest BCUT2D eigenvalue weighted by Crippen LogP contribution is -1.91. The van der Waals surface area contributed by atoms with E-state index >= 15 is 0 Å². The van der Waals surface area contributed by atoms with Crippen LogP contribution in [0.15, 0.2) is 186 Å².